The first-order chi connectivity index (χ1) is 12.0. The molecule has 1 unspecified atom stereocenters. The fourth-order valence-corrected chi connectivity index (χ4v) is 2.90. The molecule has 2 amide bonds. The Morgan fingerprint density at radius 1 is 1.24 bits per heavy atom. The molecule has 0 aromatic heterocycles. The molecule has 1 fully saturated rings. The van der Waals surface area contributed by atoms with Crippen molar-refractivity contribution in [1.82, 2.24) is 0 Å². The summed E-state index contributed by atoms with van der Waals surface area (Å²) in [5.41, 5.74) is 8.74. The number of amides is 2. The van der Waals surface area contributed by atoms with E-state index in [9.17, 15) is 9.59 Å². The zero-order valence-electron chi connectivity index (χ0n) is 14.3. The number of nitrogens with zero attached hydrogens (tertiary/aromatic N) is 1. The number of aryl methyl sites for hydroxylation is 1. The maximum absolute atomic E-state index is 12.6. The second-order valence-corrected chi connectivity index (χ2v) is 6.17. The van der Waals surface area contributed by atoms with Crippen LogP contribution in [0.3, 0.4) is 0 Å². The van der Waals surface area contributed by atoms with Gasteiger partial charge in [0.05, 0.1) is 13.0 Å². The highest BCUT2D eigenvalue weighted by molar-refractivity contribution is 6.03. The minimum atomic E-state index is -0.393. The van der Waals surface area contributed by atoms with E-state index in [0.717, 1.165) is 17.0 Å². The van der Waals surface area contributed by atoms with Crippen LogP contribution in [0.2, 0.25) is 0 Å². The zero-order valence-corrected chi connectivity index (χ0v) is 14.3. The minimum Gasteiger partial charge on any atom is -0.497 e. The van der Waals surface area contributed by atoms with E-state index in [-0.39, 0.29) is 18.2 Å². The number of benzene rings is 2. The summed E-state index contributed by atoms with van der Waals surface area (Å²) >= 11 is 0. The highest BCUT2D eigenvalue weighted by Gasteiger charge is 2.35. The molecule has 130 valence electrons. The molecule has 0 saturated carbocycles. The minimum absolute atomic E-state index is 0.0605. The zero-order chi connectivity index (χ0) is 18.0. The number of anilines is 3. The maximum Gasteiger partial charge on any atom is 0.229 e. The fraction of sp³-hybridized carbons (Fsp3) is 0.263. The lowest BCUT2D eigenvalue weighted by molar-refractivity contribution is -0.122. The fourth-order valence-electron chi connectivity index (χ4n) is 2.90. The number of hydrogen-bond donors (Lipinski definition) is 2. The van der Waals surface area contributed by atoms with Gasteiger partial charge >= 0.3 is 0 Å². The number of nitrogen functional groups attached to an aromatic ring is 1. The van der Waals surface area contributed by atoms with E-state index in [2.05, 4.69) is 5.32 Å². The van der Waals surface area contributed by atoms with E-state index in [1.54, 1.807) is 36.3 Å². The van der Waals surface area contributed by atoms with Crippen molar-refractivity contribution in [2.24, 2.45) is 5.92 Å². The number of ether oxygens (including phenoxy) is 1. The topological polar surface area (TPSA) is 84.7 Å². The summed E-state index contributed by atoms with van der Waals surface area (Å²) in [5, 5.41) is 2.89. The predicted octanol–water partition coefficient (Wildman–Crippen LogP) is 2.58. The van der Waals surface area contributed by atoms with Crippen molar-refractivity contribution >= 4 is 28.9 Å². The first-order valence-electron chi connectivity index (χ1n) is 8.09. The summed E-state index contributed by atoms with van der Waals surface area (Å²) in [4.78, 5) is 26.5. The molecule has 25 heavy (non-hydrogen) atoms. The lowest BCUT2D eigenvalue weighted by atomic mass is 10.1. The molecule has 3 rings (SSSR count). The van der Waals surface area contributed by atoms with Gasteiger partial charge < -0.3 is 20.7 Å². The van der Waals surface area contributed by atoms with Gasteiger partial charge in [-0.1, -0.05) is 6.07 Å². The lowest BCUT2D eigenvalue weighted by Gasteiger charge is -2.17. The third-order valence-corrected chi connectivity index (χ3v) is 4.40. The summed E-state index contributed by atoms with van der Waals surface area (Å²) in [6, 6.07) is 12.6. The molecule has 1 aliphatic heterocycles. The van der Waals surface area contributed by atoms with Crippen molar-refractivity contribution in [3.05, 3.63) is 48.0 Å². The monoisotopic (exact) mass is 339 g/mol. The van der Waals surface area contributed by atoms with Gasteiger partial charge in [-0.3, -0.25) is 9.59 Å². The second kappa shape index (κ2) is 6.84. The van der Waals surface area contributed by atoms with Crippen molar-refractivity contribution in [1.29, 1.82) is 0 Å². The van der Waals surface area contributed by atoms with Gasteiger partial charge in [-0.2, -0.15) is 0 Å². The Labute approximate surface area is 146 Å². The average Bonchev–Trinajstić information content (AvgIpc) is 3.00. The van der Waals surface area contributed by atoms with Crippen LogP contribution in [0.25, 0.3) is 0 Å². The van der Waals surface area contributed by atoms with Gasteiger partial charge in [-0.05, 0) is 48.9 Å². The Morgan fingerprint density at radius 3 is 2.64 bits per heavy atom. The van der Waals surface area contributed by atoms with Crippen molar-refractivity contribution in [3.8, 4) is 5.75 Å². The standard InChI is InChI=1S/C19H21N3O3/c1-12-3-4-14(20)10-17(12)21-19(24)13-9-18(23)22(11-13)15-5-7-16(25-2)8-6-15/h3-8,10,13H,9,11,20H2,1-2H3,(H,21,24). The largest absolute Gasteiger partial charge is 0.497 e. The quantitative estimate of drug-likeness (QED) is 0.839. The van der Waals surface area contributed by atoms with Crippen LogP contribution in [0, 0.1) is 12.8 Å². The molecule has 6 heteroatoms. The molecular weight excluding hydrogens is 318 g/mol. The van der Waals surface area contributed by atoms with Crippen LogP contribution in [0.4, 0.5) is 17.1 Å². The molecule has 2 aromatic rings. The van der Waals surface area contributed by atoms with Gasteiger partial charge in [0.2, 0.25) is 11.8 Å². The van der Waals surface area contributed by atoms with Crippen LogP contribution in [0.15, 0.2) is 42.5 Å². The molecule has 1 saturated heterocycles. The summed E-state index contributed by atoms with van der Waals surface area (Å²) in [6.45, 7) is 2.26. The first kappa shape index (κ1) is 16.8. The van der Waals surface area contributed by atoms with Crippen molar-refractivity contribution in [2.75, 3.05) is 29.6 Å². The summed E-state index contributed by atoms with van der Waals surface area (Å²) < 4.78 is 5.13. The predicted molar refractivity (Wildman–Crippen MR) is 97.7 cm³/mol. The maximum atomic E-state index is 12.6. The number of rotatable bonds is 4. The Balaban J connectivity index is 1.70. The van der Waals surface area contributed by atoms with Crippen LogP contribution in [-0.2, 0) is 9.59 Å². The highest BCUT2D eigenvalue weighted by Crippen LogP contribution is 2.28. The Morgan fingerprint density at radius 2 is 1.96 bits per heavy atom. The smallest absolute Gasteiger partial charge is 0.229 e. The molecule has 0 radical (unpaired) electrons. The van der Waals surface area contributed by atoms with Crippen LogP contribution < -0.4 is 20.7 Å². The molecule has 1 atom stereocenters. The number of hydrogen-bond acceptors (Lipinski definition) is 4. The number of nitrogens with two attached hydrogens (primary N) is 1. The molecule has 1 heterocycles. The molecule has 0 aliphatic carbocycles. The summed E-state index contributed by atoms with van der Waals surface area (Å²) in [6.07, 6.45) is 0.194. The van der Waals surface area contributed by atoms with E-state index in [1.807, 2.05) is 25.1 Å². The summed E-state index contributed by atoms with van der Waals surface area (Å²) in [5.74, 6) is 0.102. The lowest BCUT2D eigenvalue weighted by Crippen LogP contribution is -2.28. The van der Waals surface area contributed by atoms with E-state index in [4.69, 9.17) is 10.5 Å². The molecule has 2 aromatic carbocycles. The van der Waals surface area contributed by atoms with Gasteiger partial charge in [0.25, 0.3) is 0 Å². The number of carbonyl (C=O) groups is 2. The Bertz CT molecular complexity index is 802. The molecular formula is C19H21N3O3. The third-order valence-electron chi connectivity index (χ3n) is 4.40. The molecule has 3 N–H and O–H groups in total. The van der Waals surface area contributed by atoms with Crippen molar-refractivity contribution in [2.45, 2.75) is 13.3 Å². The van der Waals surface area contributed by atoms with Crippen molar-refractivity contribution < 1.29 is 14.3 Å². The molecule has 1 aliphatic rings. The van der Waals surface area contributed by atoms with E-state index in [0.29, 0.717) is 17.9 Å². The van der Waals surface area contributed by atoms with Crippen LogP contribution in [0.5, 0.6) is 5.75 Å². The van der Waals surface area contributed by atoms with Gasteiger partial charge in [0.15, 0.2) is 0 Å². The van der Waals surface area contributed by atoms with E-state index < -0.39 is 5.92 Å². The summed E-state index contributed by atoms with van der Waals surface area (Å²) in [7, 11) is 1.59. The number of methoxy groups -OCH3 is 1. The number of carbonyl (C=O) groups excluding carboxylic acids is 2. The van der Waals surface area contributed by atoms with E-state index >= 15 is 0 Å². The molecule has 6 nitrogen and oxygen atoms in total. The molecule has 0 bridgehead atoms. The Kier molecular flexibility index (Phi) is 4.61. The Hall–Kier alpha value is -3.02. The third kappa shape index (κ3) is 3.57. The van der Waals surface area contributed by atoms with E-state index in [1.165, 1.54) is 0 Å². The number of nitrogens with one attached hydrogen (secondary N) is 1. The second-order valence-electron chi connectivity index (χ2n) is 6.17. The normalized spacial score (nSPS) is 16.8. The SMILES string of the molecule is COc1ccc(N2CC(C(=O)Nc3cc(N)ccc3C)CC2=O)cc1. The van der Waals surface area contributed by atoms with Crippen molar-refractivity contribution in [3.63, 3.8) is 0 Å². The highest BCUT2D eigenvalue weighted by atomic mass is 16.5. The van der Waals surface area contributed by atoms with Gasteiger partial charge in [-0.25, -0.2) is 0 Å². The van der Waals surface area contributed by atoms with Crippen LogP contribution in [0.1, 0.15) is 12.0 Å². The van der Waals surface area contributed by atoms with Crippen LogP contribution >= 0.6 is 0 Å². The average molecular weight is 339 g/mol. The van der Waals surface area contributed by atoms with Gasteiger partial charge in [-0.15, -0.1) is 0 Å². The molecule has 0 spiro atoms. The van der Waals surface area contributed by atoms with Crippen LogP contribution in [-0.4, -0.2) is 25.5 Å². The first-order valence-corrected chi connectivity index (χ1v) is 8.09. The van der Waals surface area contributed by atoms with Gasteiger partial charge in [0.1, 0.15) is 5.75 Å². The van der Waals surface area contributed by atoms with Gasteiger partial charge in [0, 0.05) is 30.0 Å².